The summed E-state index contributed by atoms with van der Waals surface area (Å²) in [5, 5.41) is 14.5. The molecule has 0 fully saturated rings. The number of fused-ring (bicyclic) bond motifs is 1. The summed E-state index contributed by atoms with van der Waals surface area (Å²) in [5.74, 6) is 0.0630. The zero-order valence-corrected chi connectivity index (χ0v) is 13.3. The molecule has 3 rings (SSSR count). The van der Waals surface area contributed by atoms with Crippen molar-refractivity contribution in [2.24, 2.45) is 0 Å². The highest BCUT2D eigenvalue weighted by Gasteiger charge is 2.10. The number of para-hydroxylation sites is 1. The SMILES string of the molecule is O=[N+]([O-])c1ccc(NCCCOc2cccc3cccnc23)c(F)c1. The molecule has 0 amide bonds. The van der Waals surface area contributed by atoms with Gasteiger partial charge in [0.1, 0.15) is 11.3 Å². The number of rotatable bonds is 7. The first-order valence-electron chi connectivity index (χ1n) is 7.79. The van der Waals surface area contributed by atoms with Crippen LogP contribution in [0.25, 0.3) is 10.9 Å². The Morgan fingerprint density at radius 2 is 2.04 bits per heavy atom. The lowest BCUT2D eigenvalue weighted by Crippen LogP contribution is -2.08. The van der Waals surface area contributed by atoms with Gasteiger partial charge < -0.3 is 10.1 Å². The Morgan fingerprint density at radius 1 is 1.20 bits per heavy atom. The number of nitro benzene ring substituents is 1. The monoisotopic (exact) mass is 341 g/mol. The molecule has 1 aromatic heterocycles. The van der Waals surface area contributed by atoms with Gasteiger partial charge in [0.25, 0.3) is 5.69 Å². The number of non-ortho nitro benzene ring substituents is 1. The Balaban J connectivity index is 1.51. The lowest BCUT2D eigenvalue weighted by atomic mass is 10.2. The van der Waals surface area contributed by atoms with Crippen molar-refractivity contribution in [3.8, 4) is 5.75 Å². The van der Waals surface area contributed by atoms with Crippen LogP contribution in [0.2, 0.25) is 0 Å². The molecule has 0 atom stereocenters. The van der Waals surface area contributed by atoms with Crippen LogP contribution in [0.1, 0.15) is 6.42 Å². The van der Waals surface area contributed by atoms with E-state index in [0.29, 0.717) is 25.3 Å². The van der Waals surface area contributed by atoms with E-state index in [1.165, 1.54) is 12.1 Å². The molecular formula is C18H16FN3O3. The van der Waals surface area contributed by atoms with Crippen molar-refractivity contribution in [3.63, 3.8) is 0 Å². The van der Waals surface area contributed by atoms with Crippen molar-refractivity contribution in [2.75, 3.05) is 18.5 Å². The molecule has 0 aliphatic rings. The molecule has 128 valence electrons. The number of anilines is 1. The van der Waals surface area contributed by atoms with E-state index in [4.69, 9.17) is 4.74 Å². The molecule has 3 aromatic rings. The molecule has 0 aliphatic heterocycles. The van der Waals surface area contributed by atoms with Crippen molar-refractivity contribution in [1.82, 2.24) is 4.98 Å². The van der Waals surface area contributed by atoms with E-state index in [-0.39, 0.29) is 11.4 Å². The normalized spacial score (nSPS) is 10.6. The maximum absolute atomic E-state index is 13.8. The van der Waals surface area contributed by atoms with E-state index in [2.05, 4.69) is 10.3 Å². The summed E-state index contributed by atoms with van der Waals surface area (Å²) in [4.78, 5) is 14.3. The number of nitrogens with one attached hydrogen (secondary N) is 1. The van der Waals surface area contributed by atoms with Gasteiger partial charge in [0, 0.05) is 24.2 Å². The average Bonchev–Trinajstić information content (AvgIpc) is 2.62. The molecule has 2 aromatic carbocycles. The van der Waals surface area contributed by atoms with Gasteiger partial charge in [-0.25, -0.2) is 4.39 Å². The summed E-state index contributed by atoms with van der Waals surface area (Å²) in [6.45, 7) is 0.921. The number of aromatic nitrogens is 1. The molecule has 6 nitrogen and oxygen atoms in total. The lowest BCUT2D eigenvalue weighted by molar-refractivity contribution is -0.385. The Labute approximate surface area is 143 Å². The largest absolute Gasteiger partial charge is 0.491 e. The van der Waals surface area contributed by atoms with Gasteiger partial charge in [0.05, 0.1) is 23.3 Å². The Morgan fingerprint density at radius 3 is 2.84 bits per heavy atom. The standard InChI is InChI=1S/C18H16FN3O3/c19-15-12-14(22(23)24)7-8-16(15)20-10-3-11-25-17-6-1-4-13-5-2-9-21-18(13)17/h1-2,4-9,12,20H,3,10-11H2. The van der Waals surface area contributed by atoms with Crippen molar-refractivity contribution in [3.05, 3.63) is 70.7 Å². The second-order valence-electron chi connectivity index (χ2n) is 5.38. The van der Waals surface area contributed by atoms with E-state index in [1.54, 1.807) is 6.20 Å². The van der Waals surface area contributed by atoms with Crippen molar-refractivity contribution in [1.29, 1.82) is 0 Å². The molecule has 7 heteroatoms. The average molecular weight is 341 g/mol. The summed E-state index contributed by atoms with van der Waals surface area (Å²) in [6.07, 6.45) is 2.35. The molecular weight excluding hydrogens is 325 g/mol. The van der Waals surface area contributed by atoms with Gasteiger partial charge in [-0.05, 0) is 24.6 Å². The topological polar surface area (TPSA) is 77.3 Å². The fraction of sp³-hybridized carbons (Fsp3) is 0.167. The van der Waals surface area contributed by atoms with Crippen LogP contribution < -0.4 is 10.1 Å². The molecule has 0 bridgehead atoms. The maximum Gasteiger partial charge on any atom is 0.272 e. The number of hydrogen-bond donors (Lipinski definition) is 1. The maximum atomic E-state index is 13.8. The van der Waals surface area contributed by atoms with Crippen LogP contribution in [0.15, 0.2) is 54.7 Å². The minimum Gasteiger partial charge on any atom is -0.491 e. The number of hydrogen-bond acceptors (Lipinski definition) is 5. The van der Waals surface area contributed by atoms with Crippen LogP contribution >= 0.6 is 0 Å². The van der Waals surface area contributed by atoms with E-state index in [1.807, 2.05) is 30.3 Å². The third kappa shape index (κ3) is 4.00. The van der Waals surface area contributed by atoms with Crippen molar-refractivity contribution in [2.45, 2.75) is 6.42 Å². The summed E-state index contributed by atoms with van der Waals surface area (Å²) in [7, 11) is 0. The Bertz CT molecular complexity index is 896. The van der Waals surface area contributed by atoms with Gasteiger partial charge in [-0.1, -0.05) is 18.2 Å². The van der Waals surface area contributed by atoms with Crippen LogP contribution in [-0.4, -0.2) is 23.1 Å². The molecule has 0 spiro atoms. The molecule has 0 saturated heterocycles. The summed E-state index contributed by atoms with van der Waals surface area (Å²) < 4.78 is 19.5. The summed E-state index contributed by atoms with van der Waals surface area (Å²) in [6, 6.07) is 13.1. The summed E-state index contributed by atoms with van der Waals surface area (Å²) in [5.41, 5.74) is 0.770. The highest BCUT2D eigenvalue weighted by atomic mass is 19.1. The fourth-order valence-electron chi connectivity index (χ4n) is 2.43. The first kappa shape index (κ1) is 16.6. The van der Waals surface area contributed by atoms with Gasteiger partial charge in [-0.2, -0.15) is 0 Å². The highest BCUT2D eigenvalue weighted by Crippen LogP contribution is 2.23. The molecule has 0 aliphatic carbocycles. The number of pyridine rings is 1. The minimum absolute atomic E-state index is 0.234. The van der Waals surface area contributed by atoms with Gasteiger partial charge in [-0.15, -0.1) is 0 Å². The van der Waals surface area contributed by atoms with E-state index in [0.717, 1.165) is 17.0 Å². The molecule has 25 heavy (non-hydrogen) atoms. The highest BCUT2D eigenvalue weighted by molar-refractivity contribution is 5.84. The van der Waals surface area contributed by atoms with Crippen LogP contribution in [0.4, 0.5) is 15.8 Å². The predicted octanol–water partition coefficient (Wildman–Crippen LogP) is 4.16. The van der Waals surface area contributed by atoms with E-state index >= 15 is 0 Å². The van der Waals surface area contributed by atoms with Gasteiger partial charge in [0.2, 0.25) is 0 Å². The number of ether oxygens (including phenoxy) is 1. The third-order valence-electron chi connectivity index (χ3n) is 3.65. The third-order valence-corrected chi connectivity index (χ3v) is 3.65. The first-order chi connectivity index (χ1) is 12.1. The second-order valence-corrected chi connectivity index (χ2v) is 5.38. The lowest BCUT2D eigenvalue weighted by Gasteiger charge is -2.10. The molecule has 0 radical (unpaired) electrons. The van der Waals surface area contributed by atoms with E-state index in [9.17, 15) is 14.5 Å². The first-order valence-corrected chi connectivity index (χ1v) is 7.79. The Hall–Kier alpha value is -3.22. The fourth-order valence-corrected chi connectivity index (χ4v) is 2.43. The number of nitro groups is 1. The molecule has 0 saturated carbocycles. The van der Waals surface area contributed by atoms with Crippen molar-refractivity contribution < 1.29 is 14.1 Å². The quantitative estimate of drug-likeness (QED) is 0.396. The second kappa shape index (κ2) is 7.57. The van der Waals surface area contributed by atoms with E-state index < -0.39 is 10.7 Å². The molecule has 1 heterocycles. The Kier molecular flexibility index (Phi) is 5.03. The number of halogens is 1. The van der Waals surface area contributed by atoms with Crippen LogP contribution in [0.5, 0.6) is 5.75 Å². The minimum atomic E-state index is -0.645. The van der Waals surface area contributed by atoms with Crippen LogP contribution in [0, 0.1) is 15.9 Å². The number of benzene rings is 2. The molecule has 0 unspecified atom stereocenters. The van der Waals surface area contributed by atoms with Crippen LogP contribution in [0.3, 0.4) is 0 Å². The van der Waals surface area contributed by atoms with Crippen molar-refractivity contribution >= 4 is 22.3 Å². The predicted molar refractivity (Wildman–Crippen MR) is 93.4 cm³/mol. The molecule has 1 N–H and O–H groups in total. The van der Waals surface area contributed by atoms with Gasteiger partial charge in [-0.3, -0.25) is 15.1 Å². The zero-order valence-electron chi connectivity index (χ0n) is 13.3. The van der Waals surface area contributed by atoms with Gasteiger partial charge in [0.15, 0.2) is 5.82 Å². The smallest absolute Gasteiger partial charge is 0.272 e. The summed E-state index contributed by atoms with van der Waals surface area (Å²) >= 11 is 0. The zero-order chi connectivity index (χ0) is 17.6. The number of nitrogens with zero attached hydrogens (tertiary/aromatic N) is 2. The van der Waals surface area contributed by atoms with Crippen LogP contribution in [-0.2, 0) is 0 Å². The van der Waals surface area contributed by atoms with Gasteiger partial charge >= 0.3 is 0 Å².